The molecule has 0 aliphatic carbocycles. The van der Waals surface area contributed by atoms with Crippen LogP contribution in [0.25, 0.3) is 16.7 Å². The standard InChI is InChI=1S/C15H11BrN2O3/c16-10-5-7-11(8-6-10)18-13-4-2-1-3-12(13)17(15(18)21)9-14(19)20/h1-8H,9H2,(H,19,20). The van der Waals surface area contributed by atoms with Gasteiger partial charge in [-0.2, -0.15) is 0 Å². The third kappa shape index (κ3) is 2.38. The molecule has 0 aliphatic heterocycles. The second-order valence-corrected chi connectivity index (χ2v) is 5.48. The molecule has 0 saturated carbocycles. The van der Waals surface area contributed by atoms with Crippen molar-refractivity contribution >= 4 is 32.9 Å². The number of carbonyl (C=O) groups is 1. The Balaban J connectivity index is 2.32. The van der Waals surface area contributed by atoms with E-state index in [4.69, 9.17) is 5.11 Å². The van der Waals surface area contributed by atoms with E-state index in [0.29, 0.717) is 16.7 Å². The van der Waals surface area contributed by atoms with Crippen LogP contribution in [-0.4, -0.2) is 20.2 Å². The van der Waals surface area contributed by atoms with Gasteiger partial charge in [0, 0.05) is 4.47 Å². The van der Waals surface area contributed by atoms with Crippen molar-refractivity contribution in [1.29, 1.82) is 0 Å². The highest BCUT2D eigenvalue weighted by Crippen LogP contribution is 2.19. The molecule has 6 heteroatoms. The fourth-order valence-corrected chi connectivity index (χ4v) is 2.60. The van der Waals surface area contributed by atoms with Crippen molar-refractivity contribution in [3.63, 3.8) is 0 Å². The van der Waals surface area contributed by atoms with E-state index in [0.717, 1.165) is 4.47 Å². The number of rotatable bonds is 3. The molecule has 1 N–H and O–H groups in total. The number of hydrogen-bond acceptors (Lipinski definition) is 2. The maximum atomic E-state index is 12.6. The summed E-state index contributed by atoms with van der Waals surface area (Å²) in [5.74, 6) is -1.05. The summed E-state index contributed by atoms with van der Waals surface area (Å²) in [5, 5.41) is 8.99. The van der Waals surface area contributed by atoms with Gasteiger partial charge in [-0.3, -0.25) is 13.9 Å². The first-order valence-electron chi connectivity index (χ1n) is 6.26. The van der Waals surface area contributed by atoms with E-state index in [1.807, 2.05) is 30.3 Å². The summed E-state index contributed by atoms with van der Waals surface area (Å²) in [4.78, 5) is 23.5. The fraction of sp³-hybridized carbons (Fsp3) is 0.0667. The molecule has 0 spiro atoms. The van der Waals surface area contributed by atoms with Gasteiger partial charge in [0.1, 0.15) is 6.54 Å². The smallest absolute Gasteiger partial charge is 0.334 e. The Bertz CT molecular complexity index is 878. The van der Waals surface area contributed by atoms with Gasteiger partial charge in [0.2, 0.25) is 0 Å². The summed E-state index contributed by atoms with van der Waals surface area (Å²) in [6.45, 7) is -0.358. The molecule has 3 rings (SSSR count). The number of carboxylic acids is 1. The number of imidazole rings is 1. The summed E-state index contributed by atoms with van der Waals surface area (Å²) >= 11 is 3.35. The van der Waals surface area contributed by atoms with Crippen LogP contribution in [-0.2, 0) is 11.3 Å². The first-order chi connectivity index (χ1) is 10.1. The lowest BCUT2D eigenvalue weighted by molar-refractivity contribution is -0.137. The van der Waals surface area contributed by atoms with Gasteiger partial charge in [0.05, 0.1) is 16.7 Å². The molecule has 0 fully saturated rings. The third-order valence-corrected chi connectivity index (χ3v) is 3.74. The molecule has 0 amide bonds. The molecule has 0 radical (unpaired) electrons. The van der Waals surface area contributed by atoms with E-state index >= 15 is 0 Å². The summed E-state index contributed by atoms with van der Waals surface area (Å²) in [6.07, 6.45) is 0. The molecule has 0 saturated heterocycles. The Morgan fingerprint density at radius 3 is 2.29 bits per heavy atom. The number of fused-ring (bicyclic) bond motifs is 1. The Morgan fingerprint density at radius 2 is 1.67 bits per heavy atom. The van der Waals surface area contributed by atoms with Crippen LogP contribution in [0.15, 0.2) is 57.8 Å². The van der Waals surface area contributed by atoms with Crippen molar-refractivity contribution in [2.75, 3.05) is 0 Å². The van der Waals surface area contributed by atoms with Gasteiger partial charge in [0.15, 0.2) is 0 Å². The molecular weight excluding hydrogens is 336 g/mol. The maximum Gasteiger partial charge on any atom is 0.334 e. The number of nitrogens with zero attached hydrogens (tertiary/aromatic N) is 2. The van der Waals surface area contributed by atoms with E-state index in [1.54, 1.807) is 18.2 Å². The predicted octanol–water partition coefficient (Wildman–Crippen LogP) is 2.64. The lowest BCUT2D eigenvalue weighted by Gasteiger charge is -2.03. The molecule has 2 aromatic carbocycles. The highest BCUT2D eigenvalue weighted by molar-refractivity contribution is 9.10. The van der Waals surface area contributed by atoms with Crippen LogP contribution in [0.5, 0.6) is 0 Å². The van der Waals surface area contributed by atoms with Crippen molar-refractivity contribution in [2.24, 2.45) is 0 Å². The Morgan fingerprint density at radius 1 is 1.05 bits per heavy atom. The van der Waals surface area contributed by atoms with Gasteiger partial charge in [-0.1, -0.05) is 28.1 Å². The second kappa shape index (κ2) is 5.21. The van der Waals surface area contributed by atoms with Crippen molar-refractivity contribution in [1.82, 2.24) is 9.13 Å². The highest BCUT2D eigenvalue weighted by Gasteiger charge is 2.15. The number of aromatic nitrogens is 2. The number of carboxylic acid groups (broad SMARTS) is 1. The first-order valence-corrected chi connectivity index (χ1v) is 7.05. The van der Waals surface area contributed by atoms with Crippen LogP contribution >= 0.6 is 15.9 Å². The SMILES string of the molecule is O=C(O)Cn1c(=O)n(-c2ccc(Br)cc2)c2ccccc21. The zero-order valence-electron chi connectivity index (χ0n) is 10.9. The lowest BCUT2D eigenvalue weighted by atomic mass is 10.3. The van der Waals surface area contributed by atoms with E-state index in [1.165, 1.54) is 9.13 Å². The number of aliphatic carboxylic acids is 1. The van der Waals surface area contributed by atoms with Crippen molar-refractivity contribution < 1.29 is 9.90 Å². The van der Waals surface area contributed by atoms with Crippen LogP contribution in [0.4, 0.5) is 0 Å². The Hall–Kier alpha value is -2.34. The molecular formula is C15H11BrN2O3. The van der Waals surface area contributed by atoms with Gasteiger partial charge < -0.3 is 5.11 Å². The second-order valence-electron chi connectivity index (χ2n) is 4.56. The van der Waals surface area contributed by atoms with Gasteiger partial charge in [-0.25, -0.2) is 4.79 Å². The minimum atomic E-state index is -1.05. The average Bonchev–Trinajstić information content (AvgIpc) is 2.73. The van der Waals surface area contributed by atoms with E-state index in [2.05, 4.69) is 15.9 Å². The van der Waals surface area contributed by atoms with Crippen LogP contribution in [0, 0.1) is 0 Å². The van der Waals surface area contributed by atoms with Gasteiger partial charge >= 0.3 is 11.7 Å². The number of benzene rings is 2. The van der Waals surface area contributed by atoms with Crippen molar-refractivity contribution in [3.05, 3.63) is 63.5 Å². The molecule has 0 bridgehead atoms. The summed E-state index contributed by atoms with van der Waals surface area (Å²) < 4.78 is 3.69. The first kappa shape index (κ1) is 13.6. The molecule has 1 aromatic heterocycles. The summed E-state index contributed by atoms with van der Waals surface area (Å²) in [6, 6.07) is 14.4. The van der Waals surface area contributed by atoms with Crippen LogP contribution in [0.3, 0.4) is 0 Å². The minimum Gasteiger partial charge on any atom is -0.480 e. The van der Waals surface area contributed by atoms with Crippen LogP contribution in [0.2, 0.25) is 0 Å². The normalized spacial score (nSPS) is 10.9. The molecule has 0 aliphatic rings. The molecule has 21 heavy (non-hydrogen) atoms. The molecule has 0 unspecified atom stereocenters. The quantitative estimate of drug-likeness (QED) is 0.792. The number of halogens is 1. The van der Waals surface area contributed by atoms with Gasteiger partial charge in [0.25, 0.3) is 0 Å². The Labute approximate surface area is 128 Å². The lowest BCUT2D eigenvalue weighted by Crippen LogP contribution is -2.26. The van der Waals surface area contributed by atoms with E-state index in [9.17, 15) is 9.59 Å². The summed E-state index contributed by atoms with van der Waals surface area (Å²) in [7, 11) is 0. The largest absolute Gasteiger partial charge is 0.480 e. The van der Waals surface area contributed by atoms with E-state index < -0.39 is 5.97 Å². The predicted molar refractivity (Wildman–Crippen MR) is 82.9 cm³/mol. The zero-order valence-corrected chi connectivity index (χ0v) is 12.4. The molecule has 1 heterocycles. The third-order valence-electron chi connectivity index (χ3n) is 3.21. The average molecular weight is 347 g/mol. The van der Waals surface area contributed by atoms with E-state index in [-0.39, 0.29) is 12.2 Å². The highest BCUT2D eigenvalue weighted by atomic mass is 79.9. The topological polar surface area (TPSA) is 64.2 Å². The van der Waals surface area contributed by atoms with Crippen LogP contribution < -0.4 is 5.69 Å². The fourth-order valence-electron chi connectivity index (χ4n) is 2.34. The van der Waals surface area contributed by atoms with Crippen molar-refractivity contribution in [2.45, 2.75) is 6.54 Å². The van der Waals surface area contributed by atoms with Crippen molar-refractivity contribution in [3.8, 4) is 5.69 Å². The minimum absolute atomic E-state index is 0.358. The molecule has 3 aromatic rings. The van der Waals surface area contributed by atoms with Gasteiger partial charge in [-0.15, -0.1) is 0 Å². The maximum absolute atomic E-state index is 12.6. The van der Waals surface area contributed by atoms with Crippen LogP contribution in [0.1, 0.15) is 0 Å². The monoisotopic (exact) mass is 346 g/mol. The zero-order chi connectivity index (χ0) is 15.0. The number of para-hydroxylation sites is 2. The van der Waals surface area contributed by atoms with Gasteiger partial charge in [-0.05, 0) is 36.4 Å². The molecule has 0 atom stereocenters. The number of hydrogen-bond donors (Lipinski definition) is 1. The summed E-state index contributed by atoms with van der Waals surface area (Å²) in [5.41, 5.74) is 1.63. The Kier molecular flexibility index (Phi) is 3.39. The molecule has 5 nitrogen and oxygen atoms in total. The molecule has 106 valence electrons.